The Kier molecular flexibility index (Phi) is 4.36. The number of phenols is 1. The van der Waals surface area contributed by atoms with Crippen LogP contribution < -0.4 is 4.74 Å². The molecule has 128 valence electrons. The van der Waals surface area contributed by atoms with Crippen molar-refractivity contribution in [3.05, 3.63) is 63.3 Å². The molecule has 1 fully saturated rings. The number of fused-ring (bicyclic) bond motifs is 1. The summed E-state index contributed by atoms with van der Waals surface area (Å²) in [5, 5.41) is 10.3. The van der Waals surface area contributed by atoms with Crippen LogP contribution in [0.2, 0.25) is 0 Å². The molecule has 0 saturated carbocycles. The maximum absolute atomic E-state index is 12.7. The van der Waals surface area contributed by atoms with Gasteiger partial charge in [0, 0.05) is 11.0 Å². The van der Waals surface area contributed by atoms with Gasteiger partial charge < -0.3 is 9.84 Å². The quantitative estimate of drug-likeness (QED) is 0.778. The van der Waals surface area contributed by atoms with Crippen molar-refractivity contribution in [2.24, 2.45) is 0 Å². The number of hydrogen-bond donors (Lipinski definition) is 1. The molecule has 1 N–H and O–H groups in total. The number of carbonyl (C=O) groups is 1. The minimum Gasteiger partial charge on any atom is -0.507 e. The van der Waals surface area contributed by atoms with Crippen molar-refractivity contribution in [2.45, 2.75) is 19.4 Å². The van der Waals surface area contributed by atoms with E-state index >= 15 is 0 Å². The fraction of sp³-hybridized carbons (Fsp3) is 0.250. The molecule has 0 unspecified atom stereocenters. The van der Waals surface area contributed by atoms with Gasteiger partial charge in [0.2, 0.25) is 5.78 Å². The first-order chi connectivity index (χ1) is 12.1. The van der Waals surface area contributed by atoms with Crippen LogP contribution in [0.3, 0.4) is 0 Å². The molecule has 0 spiro atoms. The molecule has 0 aliphatic carbocycles. The van der Waals surface area contributed by atoms with Crippen molar-refractivity contribution in [2.75, 3.05) is 13.1 Å². The number of aromatic hydroxyl groups is 1. The minimum atomic E-state index is -0.141. The molecule has 0 amide bonds. The van der Waals surface area contributed by atoms with Crippen molar-refractivity contribution in [1.29, 1.82) is 0 Å². The van der Waals surface area contributed by atoms with Crippen molar-refractivity contribution in [3.63, 3.8) is 0 Å². The van der Waals surface area contributed by atoms with E-state index in [1.54, 1.807) is 18.2 Å². The molecule has 1 saturated heterocycles. The number of benzene rings is 2. The van der Waals surface area contributed by atoms with Gasteiger partial charge in [-0.15, -0.1) is 0 Å². The maximum atomic E-state index is 12.7. The van der Waals surface area contributed by atoms with Gasteiger partial charge in [0.05, 0.1) is 11.1 Å². The van der Waals surface area contributed by atoms with E-state index in [0.717, 1.165) is 23.1 Å². The third kappa shape index (κ3) is 3.22. The maximum Gasteiger partial charge on any atom is 0.231 e. The van der Waals surface area contributed by atoms with Crippen molar-refractivity contribution in [1.82, 2.24) is 4.90 Å². The van der Waals surface area contributed by atoms with Gasteiger partial charge in [0.15, 0.2) is 5.76 Å². The van der Waals surface area contributed by atoms with E-state index in [1.165, 1.54) is 12.8 Å². The number of ketones is 1. The zero-order valence-electron chi connectivity index (χ0n) is 13.7. The number of carbonyl (C=O) groups excluding carboxylic acids is 1. The average Bonchev–Trinajstić information content (AvgIpc) is 3.20. The summed E-state index contributed by atoms with van der Waals surface area (Å²) in [7, 11) is 0. The van der Waals surface area contributed by atoms with E-state index in [-0.39, 0.29) is 11.5 Å². The summed E-state index contributed by atoms with van der Waals surface area (Å²) in [6.07, 6.45) is 4.08. The first kappa shape index (κ1) is 16.4. The van der Waals surface area contributed by atoms with E-state index in [1.807, 2.05) is 24.3 Å². The Morgan fingerprint density at radius 2 is 2.00 bits per heavy atom. The molecule has 2 heterocycles. The zero-order chi connectivity index (χ0) is 17.4. The highest BCUT2D eigenvalue weighted by molar-refractivity contribution is 9.10. The number of likely N-dealkylation sites (tertiary alicyclic amines) is 1. The van der Waals surface area contributed by atoms with Crippen LogP contribution in [0.4, 0.5) is 0 Å². The summed E-state index contributed by atoms with van der Waals surface area (Å²) in [6, 6.07) is 10.9. The average molecular weight is 400 g/mol. The number of hydrogen-bond acceptors (Lipinski definition) is 4. The Morgan fingerprint density at radius 3 is 2.76 bits per heavy atom. The lowest BCUT2D eigenvalue weighted by molar-refractivity contribution is 0.101. The number of halogens is 1. The Morgan fingerprint density at radius 1 is 1.20 bits per heavy atom. The number of phenolic OH excluding ortho intramolecular Hbond substituents is 1. The van der Waals surface area contributed by atoms with Gasteiger partial charge in [0.1, 0.15) is 11.5 Å². The summed E-state index contributed by atoms with van der Waals surface area (Å²) in [5.74, 6) is 0.833. The van der Waals surface area contributed by atoms with Gasteiger partial charge in [-0.3, -0.25) is 9.69 Å². The normalized spacial score (nSPS) is 18.6. The lowest BCUT2D eigenvalue weighted by Crippen LogP contribution is -2.18. The predicted octanol–water partition coefficient (Wildman–Crippen LogP) is 4.37. The van der Waals surface area contributed by atoms with Gasteiger partial charge in [-0.2, -0.15) is 0 Å². The fourth-order valence-electron chi connectivity index (χ4n) is 3.36. The largest absolute Gasteiger partial charge is 0.507 e. The topological polar surface area (TPSA) is 49.8 Å². The molecule has 0 aromatic heterocycles. The van der Waals surface area contributed by atoms with Crippen molar-refractivity contribution >= 4 is 27.8 Å². The van der Waals surface area contributed by atoms with Gasteiger partial charge >= 0.3 is 0 Å². The van der Waals surface area contributed by atoms with E-state index in [9.17, 15) is 9.90 Å². The second kappa shape index (κ2) is 6.65. The van der Waals surface area contributed by atoms with Gasteiger partial charge in [-0.05, 0) is 61.8 Å². The minimum absolute atomic E-state index is 0.141. The Balaban J connectivity index is 1.68. The standard InChI is InChI=1S/C20H18BrNO3/c21-14-5-3-4-13(10-14)11-18-19(24)15-6-7-17(23)16(20(15)25-18)12-22-8-1-2-9-22/h3-7,10-11,23H,1-2,8-9,12H2/b18-11-. The van der Waals surface area contributed by atoms with Crippen molar-refractivity contribution < 1.29 is 14.6 Å². The molecule has 25 heavy (non-hydrogen) atoms. The van der Waals surface area contributed by atoms with Gasteiger partial charge in [0.25, 0.3) is 0 Å². The number of nitrogens with zero attached hydrogens (tertiary/aromatic N) is 1. The lowest BCUT2D eigenvalue weighted by atomic mass is 10.0. The first-order valence-corrected chi connectivity index (χ1v) is 9.18. The fourth-order valence-corrected chi connectivity index (χ4v) is 3.78. The molecule has 5 heteroatoms. The molecular formula is C20H18BrNO3. The van der Waals surface area contributed by atoms with E-state index in [4.69, 9.17) is 4.74 Å². The summed E-state index contributed by atoms with van der Waals surface area (Å²) in [4.78, 5) is 15.0. The lowest BCUT2D eigenvalue weighted by Gasteiger charge is -2.17. The van der Waals surface area contributed by atoms with Crippen LogP contribution in [0.15, 0.2) is 46.6 Å². The highest BCUT2D eigenvalue weighted by Crippen LogP contribution is 2.40. The van der Waals surface area contributed by atoms with Crippen molar-refractivity contribution in [3.8, 4) is 11.5 Å². The molecule has 4 rings (SSSR count). The number of rotatable bonds is 3. The molecular weight excluding hydrogens is 382 g/mol. The summed E-state index contributed by atoms with van der Waals surface area (Å²) < 4.78 is 6.84. The molecule has 4 nitrogen and oxygen atoms in total. The SMILES string of the molecule is O=C1/C(=C/c2cccc(Br)c2)Oc2c1ccc(O)c2CN1CCCC1. The summed E-state index contributed by atoms with van der Waals surface area (Å²) in [5.41, 5.74) is 2.11. The molecule has 2 aliphatic heterocycles. The Labute approximate surface area is 154 Å². The molecule has 2 aliphatic rings. The second-order valence-electron chi connectivity index (χ2n) is 6.42. The third-order valence-corrected chi connectivity index (χ3v) is 5.14. The predicted molar refractivity (Wildman–Crippen MR) is 99.7 cm³/mol. The van der Waals surface area contributed by atoms with Crippen LogP contribution in [0, 0.1) is 0 Å². The summed E-state index contributed by atoms with van der Waals surface area (Å²) >= 11 is 3.43. The zero-order valence-corrected chi connectivity index (χ0v) is 15.3. The number of Topliss-reactive ketones (excluding diaryl/α,β-unsaturated/α-hetero) is 1. The highest BCUT2D eigenvalue weighted by Gasteiger charge is 2.31. The van der Waals surface area contributed by atoms with Gasteiger partial charge in [-0.1, -0.05) is 28.1 Å². The molecule has 0 radical (unpaired) electrons. The third-order valence-electron chi connectivity index (χ3n) is 4.64. The number of ether oxygens (including phenoxy) is 1. The van der Waals surface area contributed by atoms with Crippen LogP contribution >= 0.6 is 15.9 Å². The van der Waals surface area contributed by atoms with E-state index in [2.05, 4.69) is 20.8 Å². The Bertz CT molecular complexity index is 869. The first-order valence-electron chi connectivity index (χ1n) is 8.39. The second-order valence-corrected chi connectivity index (χ2v) is 7.33. The number of allylic oxidation sites excluding steroid dienone is 1. The van der Waals surface area contributed by atoms with Crippen LogP contribution in [0.1, 0.15) is 34.3 Å². The van der Waals surface area contributed by atoms with Gasteiger partial charge in [-0.25, -0.2) is 0 Å². The summed E-state index contributed by atoms with van der Waals surface area (Å²) in [6.45, 7) is 2.63. The van der Waals surface area contributed by atoms with Crippen LogP contribution in [0.25, 0.3) is 6.08 Å². The molecule has 0 bridgehead atoms. The van der Waals surface area contributed by atoms with Crippen LogP contribution in [-0.2, 0) is 6.54 Å². The molecule has 2 aromatic rings. The molecule has 2 aromatic carbocycles. The smallest absolute Gasteiger partial charge is 0.231 e. The monoisotopic (exact) mass is 399 g/mol. The van der Waals surface area contributed by atoms with E-state index < -0.39 is 0 Å². The van der Waals surface area contributed by atoms with Crippen LogP contribution in [-0.4, -0.2) is 28.9 Å². The highest BCUT2D eigenvalue weighted by atomic mass is 79.9. The van der Waals surface area contributed by atoms with E-state index in [0.29, 0.717) is 29.2 Å². The van der Waals surface area contributed by atoms with Crippen LogP contribution in [0.5, 0.6) is 11.5 Å². The molecule has 0 atom stereocenters. The Hall–Kier alpha value is -2.11.